The first-order valence-corrected chi connectivity index (χ1v) is 8.97. The van der Waals surface area contributed by atoms with Crippen LogP contribution in [-0.2, 0) is 0 Å². The van der Waals surface area contributed by atoms with Crippen molar-refractivity contribution in [1.82, 2.24) is 10.6 Å². The molecule has 6 heteroatoms. The van der Waals surface area contributed by atoms with Crippen molar-refractivity contribution in [1.29, 1.82) is 0 Å². The molecule has 0 aromatic heterocycles. The van der Waals surface area contributed by atoms with E-state index in [1.54, 1.807) is 0 Å². The second-order valence-electron chi connectivity index (χ2n) is 5.88. The van der Waals surface area contributed by atoms with Crippen molar-refractivity contribution in [2.75, 3.05) is 33.2 Å². The van der Waals surface area contributed by atoms with Gasteiger partial charge in [-0.25, -0.2) is 0 Å². The summed E-state index contributed by atoms with van der Waals surface area (Å²) >= 11 is 0. The van der Waals surface area contributed by atoms with Gasteiger partial charge < -0.3 is 16.4 Å². The van der Waals surface area contributed by atoms with E-state index in [1.165, 1.54) is 96.7 Å². The Morgan fingerprint density at radius 3 is 1.26 bits per heavy atom. The summed E-state index contributed by atoms with van der Waals surface area (Å²) in [7, 11) is 2.03. The summed E-state index contributed by atoms with van der Waals surface area (Å²) in [6.45, 7) is 4.45. The van der Waals surface area contributed by atoms with E-state index in [9.17, 15) is 0 Å². The molecule has 0 bridgehead atoms. The van der Waals surface area contributed by atoms with E-state index >= 15 is 0 Å². The fourth-order valence-electron chi connectivity index (χ4n) is 2.49. The average molecular weight is 346 g/mol. The van der Waals surface area contributed by atoms with Gasteiger partial charge in [-0.3, -0.25) is 14.1 Å². The molecule has 0 unspecified atom stereocenters. The number of hydrogen-bond donors (Lipinski definition) is 3. The second kappa shape index (κ2) is 29.7. The van der Waals surface area contributed by atoms with Crippen molar-refractivity contribution >= 4 is 0 Å². The zero-order chi connectivity index (χ0) is 14.7. The molecular weight excluding hydrogens is 303 g/mol. The fourth-order valence-corrected chi connectivity index (χ4v) is 2.49. The van der Waals surface area contributed by atoms with Gasteiger partial charge in [0.2, 0.25) is 0 Å². The maximum absolute atomic E-state index is 5.48. The molecule has 0 fully saturated rings. The van der Waals surface area contributed by atoms with Crippen LogP contribution in [0.15, 0.2) is 0 Å². The fraction of sp³-hybridized carbons (Fsp3) is 1.00. The third-order valence-corrected chi connectivity index (χ3v) is 3.84. The van der Waals surface area contributed by atoms with E-state index < -0.39 is 0 Å². The standard InChI is InChI=1S/C17H39N3.3FH/c1-19-15-11-7-4-5-9-13-17-20-16-12-8-3-2-6-10-14-18;;;/h19-20H,2-18H2,1H3;3*1H. The van der Waals surface area contributed by atoms with Gasteiger partial charge in [-0.15, -0.1) is 0 Å². The molecule has 0 aromatic rings. The minimum Gasteiger partial charge on any atom is -0.330 e. The molecule has 0 rings (SSSR count). The van der Waals surface area contributed by atoms with Gasteiger partial charge in [0.05, 0.1) is 0 Å². The second-order valence-corrected chi connectivity index (χ2v) is 5.88. The van der Waals surface area contributed by atoms with Gasteiger partial charge in [-0.1, -0.05) is 51.4 Å². The maximum atomic E-state index is 5.48. The molecule has 0 radical (unpaired) electrons. The van der Waals surface area contributed by atoms with Crippen LogP contribution in [0.5, 0.6) is 0 Å². The predicted molar refractivity (Wildman–Crippen MR) is 98.8 cm³/mol. The molecule has 0 aliphatic rings. The molecular formula is C17H42F3N3. The topological polar surface area (TPSA) is 50.1 Å². The minimum atomic E-state index is 0. The number of hydrogen-bond acceptors (Lipinski definition) is 3. The summed E-state index contributed by atoms with van der Waals surface area (Å²) in [5.41, 5.74) is 5.48. The molecule has 0 aliphatic heterocycles. The first-order chi connectivity index (χ1) is 9.91. The van der Waals surface area contributed by atoms with Crippen molar-refractivity contribution in [3.05, 3.63) is 0 Å². The monoisotopic (exact) mass is 345 g/mol. The Morgan fingerprint density at radius 1 is 0.522 bits per heavy atom. The van der Waals surface area contributed by atoms with Crippen molar-refractivity contribution in [2.24, 2.45) is 5.73 Å². The van der Waals surface area contributed by atoms with Crippen LogP contribution in [0.4, 0.5) is 14.1 Å². The van der Waals surface area contributed by atoms with E-state index in [0.29, 0.717) is 0 Å². The highest BCUT2D eigenvalue weighted by molar-refractivity contribution is 4.52. The molecule has 3 nitrogen and oxygen atoms in total. The average Bonchev–Trinajstić information content (AvgIpc) is 2.47. The van der Waals surface area contributed by atoms with Gasteiger partial charge in [0.25, 0.3) is 0 Å². The minimum absolute atomic E-state index is 0. The molecule has 4 N–H and O–H groups in total. The Hall–Kier alpha value is -0.330. The third kappa shape index (κ3) is 30.2. The van der Waals surface area contributed by atoms with Crippen LogP contribution in [-0.4, -0.2) is 33.2 Å². The quantitative estimate of drug-likeness (QED) is 0.351. The van der Waals surface area contributed by atoms with Gasteiger partial charge >= 0.3 is 0 Å². The van der Waals surface area contributed by atoms with Crippen LogP contribution in [0, 0.1) is 0 Å². The van der Waals surface area contributed by atoms with E-state index in [2.05, 4.69) is 10.6 Å². The van der Waals surface area contributed by atoms with Gasteiger partial charge in [0.1, 0.15) is 0 Å². The lowest BCUT2D eigenvalue weighted by Crippen LogP contribution is -2.16. The number of rotatable bonds is 17. The lowest BCUT2D eigenvalue weighted by molar-refractivity contribution is 0.537. The molecule has 0 amide bonds. The first kappa shape index (κ1) is 30.5. The van der Waals surface area contributed by atoms with Crippen molar-refractivity contribution in [3.63, 3.8) is 0 Å². The Morgan fingerprint density at radius 2 is 0.870 bits per heavy atom. The van der Waals surface area contributed by atoms with Gasteiger partial charge in [0.15, 0.2) is 0 Å². The predicted octanol–water partition coefficient (Wildman–Crippen LogP) is 3.89. The third-order valence-electron chi connectivity index (χ3n) is 3.84. The molecule has 23 heavy (non-hydrogen) atoms. The number of unbranched alkanes of at least 4 members (excludes halogenated alkanes) is 10. The Bertz CT molecular complexity index is 157. The summed E-state index contributed by atoms with van der Waals surface area (Å²) in [5, 5.41) is 6.77. The summed E-state index contributed by atoms with van der Waals surface area (Å²) in [6, 6.07) is 0. The first-order valence-electron chi connectivity index (χ1n) is 8.97. The maximum Gasteiger partial charge on any atom is -0.00489 e. The molecule has 0 atom stereocenters. The van der Waals surface area contributed by atoms with Crippen LogP contribution in [0.2, 0.25) is 0 Å². The smallest absolute Gasteiger partial charge is 0.00489 e. The lowest BCUT2D eigenvalue weighted by Gasteiger charge is -2.05. The molecule has 0 saturated carbocycles. The zero-order valence-electron chi connectivity index (χ0n) is 15.1. The molecule has 0 aliphatic carbocycles. The normalized spacial score (nSPS) is 9.65. The van der Waals surface area contributed by atoms with Crippen LogP contribution < -0.4 is 16.4 Å². The van der Waals surface area contributed by atoms with Crippen molar-refractivity contribution in [3.8, 4) is 0 Å². The molecule has 146 valence electrons. The Labute approximate surface area is 141 Å². The van der Waals surface area contributed by atoms with Crippen LogP contribution in [0.3, 0.4) is 0 Å². The van der Waals surface area contributed by atoms with Crippen LogP contribution >= 0.6 is 0 Å². The van der Waals surface area contributed by atoms with Crippen LogP contribution in [0.25, 0.3) is 0 Å². The highest BCUT2D eigenvalue weighted by Crippen LogP contribution is 2.05. The Balaban J connectivity index is -0.000000602. The molecule has 0 aromatic carbocycles. The van der Waals surface area contributed by atoms with Crippen molar-refractivity contribution < 1.29 is 14.1 Å². The summed E-state index contributed by atoms with van der Waals surface area (Å²) < 4.78 is 0. The van der Waals surface area contributed by atoms with Gasteiger partial charge in [-0.2, -0.15) is 0 Å². The molecule has 0 spiro atoms. The highest BCUT2D eigenvalue weighted by Gasteiger charge is 1.93. The Kier molecular flexibility index (Phi) is 39.4. The zero-order valence-corrected chi connectivity index (χ0v) is 15.1. The van der Waals surface area contributed by atoms with Crippen LogP contribution in [0.1, 0.15) is 77.0 Å². The SMILES string of the molecule is CNCCCCCCCCNCCCCCCCCN.F.F.F. The summed E-state index contributed by atoms with van der Waals surface area (Å²) in [6.07, 6.45) is 16.3. The number of halogens is 3. The van der Waals surface area contributed by atoms with E-state index in [1.807, 2.05) is 7.05 Å². The lowest BCUT2D eigenvalue weighted by atomic mass is 10.1. The molecule has 0 heterocycles. The van der Waals surface area contributed by atoms with E-state index in [0.717, 1.165) is 6.54 Å². The summed E-state index contributed by atoms with van der Waals surface area (Å²) in [4.78, 5) is 0. The van der Waals surface area contributed by atoms with Gasteiger partial charge in [0, 0.05) is 0 Å². The van der Waals surface area contributed by atoms with Gasteiger partial charge in [-0.05, 0) is 58.9 Å². The number of nitrogens with one attached hydrogen (secondary N) is 2. The highest BCUT2D eigenvalue weighted by atomic mass is 19.0. The van der Waals surface area contributed by atoms with E-state index in [-0.39, 0.29) is 14.1 Å². The molecule has 0 saturated heterocycles. The van der Waals surface area contributed by atoms with Crippen molar-refractivity contribution in [2.45, 2.75) is 77.0 Å². The van der Waals surface area contributed by atoms with E-state index in [4.69, 9.17) is 5.73 Å². The summed E-state index contributed by atoms with van der Waals surface area (Å²) in [5.74, 6) is 0. The largest absolute Gasteiger partial charge is 0.330 e. The number of nitrogens with two attached hydrogens (primary N) is 1.